The van der Waals surface area contributed by atoms with Crippen molar-refractivity contribution in [1.29, 1.82) is 5.26 Å². The molecule has 0 aliphatic rings. The summed E-state index contributed by atoms with van der Waals surface area (Å²) in [5.41, 5.74) is 3.64. The van der Waals surface area contributed by atoms with Crippen molar-refractivity contribution in [3.05, 3.63) is 63.2 Å². The third-order valence-corrected chi connectivity index (χ3v) is 3.42. The van der Waals surface area contributed by atoms with E-state index in [1.54, 1.807) is 6.07 Å². The number of hydrogen-bond acceptors (Lipinski definition) is 2. The number of rotatable bonds is 2. The molecule has 0 spiro atoms. The Bertz CT molecular complexity index is 625. The van der Waals surface area contributed by atoms with E-state index < -0.39 is 0 Å². The maximum atomic E-state index is 8.82. The molecule has 0 aliphatic carbocycles. The van der Waals surface area contributed by atoms with Crippen molar-refractivity contribution in [2.45, 2.75) is 6.92 Å². The SMILES string of the molecule is CC(=Nc1ccc(C#N)cc1I)c1ccccc1. The lowest BCUT2D eigenvalue weighted by molar-refractivity contribution is 1.42. The van der Waals surface area contributed by atoms with Gasteiger partial charge < -0.3 is 0 Å². The zero-order valence-electron chi connectivity index (χ0n) is 9.89. The Hall–Kier alpha value is -1.67. The second kappa shape index (κ2) is 5.78. The molecule has 0 saturated heterocycles. The van der Waals surface area contributed by atoms with E-state index >= 15 is 0 Å². The van der Waals surface area contributed by atoms with Gasteiger partial charge in [0.15, 0.2) is 0 Å². The number of benzene rings is 2. The molecular weight excluding hydrogens is 335 g/mol. The summed E-state index contributed by atoms with van der Waals surface area (Å²) in [5.74, 6) is 0. The quantitative estimate of drug-likeness (QED) is 0.590. The van der Waals surface area contributed by atoms with Crippen LogP contribution in [0.5, 0.6) is 0 Å². The monoisotopic (exact) mass is 346 g/mol. The van der Waals surface area contributed by atoms with Crippen LogP contribution in [0, 0.1) is 14.9 Å². The van der Waals surface area contributed by atoms with Crippen LogP contribution in [0.3, 0.4) is 0 Å². The van der Waals surface area contributed by atoms with Gasteiger partial charge in [0.25, 0.3) is 0 Å². The lowest BCUT2D eigenvalue weighted by atomic mass is 10.1. The molecule has 0 amide bonds. The van der Waals surface area contributed by atoms with Crippen LogP contribution in [-0.4, -0.2) is 5.71 Å². The van der Waals surface area contributed by atoms with E-state index in [0.717, 1.165) is 20.5 Å². The van der Waals surface area contributed by atoms with E-state index in [1.165, 1.54) is 0 Å². The van der Waals surface area contributed by atoms with E-state index in [2.05, 4.69) is 33.7 Å². The van der Waals surface area contributed by atoms with E-state index in [1.807, 2.05) is 49.4 Å². The van der Waals surface area contributed by atoms with Gasteiger partial charge in [-0.25, -0.2) is 0 Å². The Morgan fingerprint density at radius 2 is 1.89 bits per heavy atom. The number of halogens is 1. The number of aliphatic imine (C=N–C) groups is 1. The first-order valence-electron chi connectivity index (χ1n) is 5.51. The Morgan fingerprint density at radius 3 is 2.50 bits per heavy atom. The number of nitriles is 1. The average molecular weight is 346 g/mol. The van der Waals surface area contributed by atoms with Crippen molar-refractivity contribution in [3.63, 3.8) is 0 Å². The molecule has 2 rings (SSSR count). The first kappa shape index (κ1) is 12.8. The molecule has 88 valence electrons. The molecule has 2 nitrogen and oxygen atoms in total. The Morgan fingerprint density at radius 1 is 1.17 bits per heavy atom. The highest BCUT2D eigenvalue weighted by molar-refractivity contribution is 14.1. The first-order chi connectivity index (χ1) is 8.70. The van der Waals surface area contributed by atoms with Gasteiger partial charge in [-0.3, -0.25) is 4.99 Å². The van der Waals surface area contributed by atoms with Gasteiger partial charge in [-0.05, 0) is 53.3 Å². The molecule has 0 radical (unpaired) electrons. The standard InChI is InChI=1S/C15H11IN2/c1-11(13-5-3-2-4-6-13)18-15-8-7-12(10-17)9-14(15)16/h2-9H,1H3. The minimum atomic E-state index is 0.663. The van der Waals surface area contributed by atoms with Gasteiger partial charge in [-0.2, -0.15) is 5.26 Å². The predicted octanol–water partition coefficient (Wildman–Crippen LogP) is 4.30. The average Bonchev–Trinajstić information content (AvgIpc) is 2.42. The van der Waals surface area contributed by atoms with Gasteiger partial charge in [-0.1, -0.05) is 30.3 Å². The zero-order valence-corrected chi connectivity index (χ0v) is 12.0. The maximum absolute atomic E-state index is 8.82. The van der Waals surface area contributed by atoms with Crippen molar-refractivity contribution in [2.75, 3.05) is 0 Å². The van der Waals surface area contributed by atoms with Crippen LogP contribution in [0.15, 0.2) is 53.5 Å². The molecule has 0 saturated carbocycles. The van der Waals surface area contributed by atoms with Crippen molar-refractivity contribution in [1.82, 2.24) is 0 Å². The molecule has 0 N–H and O–H groups in total. The van der Waals surface area contributed by atoms with Crippen molar-refractivity contribution in [3.8, 4) is 6.07 Å². The first-order valence-corrected chi connectivity index (χ1v) is 6.59. The summed E-state index contributed by atoms with van der Waals surface area (Å²) in [6.45, 7) is 1.99. The molecular formula is C15H11IN2. The largest absolute Gasteiger partial charge is 0.252 e. The highest BCUT2D eigenvalue weighted by atomic mass is 127. The molecule has 0 heterocycles. The summed E-state index contributed by atoms with van der Waals surface area (Å²) < 4.78 is 0.988. The molecule has 0 atom stereocenters. The van der Waals surface area contributed by atoms with Crippen LogP contribution in [0.25, 0.3) is 0 Å². The summed E-state index contributed by atoms with van der Waals surface area (Å²) in [5, 5.41) is 8.82. The van der Waals surface area contributed by atoms with Gasteiger partial charge in [0.1, 0.15) is 0 Å². The lowest BCUT2D eigenvalue weighted by Crippen LogP contribution is -1.93. The van der Waals surface area contributed by atoms with Gasteiger partial charge >= 0.3 is 0 Å². The van der Waals surface area contributed by atoms with Crippen LogP contribution < -0.4 is 0 Å². The Kier molecular flexibility index (Phi) is 4.11. The van der Waals surface area contributed by atoms with E-state index in [4.69, 9.17) is 5.26 Å². The summed E-state index contributed by atoms with van der Waals surface area (Å²) in [7, 11) is 0. The van der Waals surface area contributed by atoms with Crippen molar-refractivity contribution >= 4 is 34.0 Å². The third-order valence-electron chi connectivity index (χ3n) is 2.56. The molecule has 0 unspecified atom stereocenters. The van der Waals surface area contributed by atoms with Gasteiger partial charge in [-0.15, -0.1) is 0 Å². The highest BCUT2D eigenvalue weighted by Crippen LogP contribution is 2.23. The number of nitrogens with zero attached hydrogens (tertiary/aromatic N) is 2. The Labute approximate surface area is 120 Å². The minimum Gasteiger partial charge on any atom is -0.252 e. The molecule has 0 fully saturated rings. The summed E-state index contributed by atoms with van der Waals surface area (Å²) in [6, 6.07) is 17.7. The molecule has 18 heavy (non-hydrogen) atoms. The molecule has 3 heteroatoms. The highest BCUT2D eigenvalue weighted by Gasteiger charge is 2.02. The van der Waals surface area contributed by atoms with Crippen LogP contribution >= 0.6 is 22.6 Å². The second-order valence-corrected chi connectivity index (χ2v) is 5.00. The van der Waals surface area contributed by atoms with Crippen LogP contribution in [-0.2, 0) is 0 Å². The minimum absolute atomic E-state index is 0.663. The van der Waals surface area contributed by atoms with Crippen LogP contribution in [0.2, 0.25) is 0 Å². The zero-order chi connectivity index (χ0) is 13.0. The Balaban J connectivity index is 2.37. The lowest BCUT2D eigenvalue weighted by Gasteiger charge is -2.03. The summed E-state index contributed by atoms with van der Waals surface area (Å²) in [4.78, 5) is 4.60. The second-order valence-electron chi connectivity index (χ2n) is 3.84. The third kappa shape index (κ3) is 2.96. The van der Waals surface area contributed by atoms with Gasteiger partial charge in [0.2, 0.25) is 0 Å². The fourth-order valence-electron chi connectivity index (χ4n) is 1.59. The van der Waals surface area contributed by atoms with Crippen molar-refractivity contribution < 1.29 is 0 Å². The summed E-state index contributed by atoms with van der Waals surface area (Å²) in [6.07, 6.45) is 0. The molecule has 2 aromatic rings. The molecule has 2 aromatic carbocycles. The maximum Gasteiger partial charge on any atom is 0.0992 e. The van der Waals surface area contributed by atoms with E-state index in [-0.39, 0.29) is 0 Å². The van der Waals surface area contributed by atoms with E-state index in [9.17, 15) is 0 Å². The fraction of sp³-hybridized carbons (Fsp3) is 0.0667. The van der Waals surface area contributed by atoms with Crippen LogP contribution in [0.4, 0.5) is 5.69 Å². The normalized spacial score (nSPS) is 11.1. The topological polar surface area (TPSA) is 36.1 Å². The fourth-order valence-corrected chi connectivity index (χ4v) is 2.23. The van der Waals surface area contributed by atoms with Gasteiger partial charge in [0, 0.05) is 9.28 Å². The predicted molar refractivity (Wildman–Crippen MR) is 82.2 cm³/mol. The summed E-state index contributed by atoms with van der Waals surface area (Å²) >= 11 is 2.20. The van der Waals surface area contributed by atoms with E-state index in [0.29, 0.717) is 5.56 Å². The molecule has 0 aromatic heterocycles. The smallest absolute Gasteiger partial charge is 0.0992 e. The number of hydrogen-bond donors (Lipinski definition) is 0. The van der Waals surface area contributed by atoms with Crippen LogP contribution in [0.1, 0.15) is 18.1 Å². The van der Waals surface area contributed by atoms with Gasteiger partial charge in [0.05, 0.1) is 17.3 Å². The molecule has 0 aliphatic heterocycles. The molecule has 0 bridgehead atoms. The van der Waals surface area contributed by atoms with Crippen molar-refractivity contribution in [2.24, 2.45) is 4.99 Å².